The van der Waals surface area contributed by atoms with Crippen LogP contribution in [0.15, 0.2) is 42.6 Å². The zero-order chi connectivity index (χ0) is 20.5. The average molecular weight is 403 g/mol. The lowest BCUT2D eigenvalue weighted by atomic mass is 10.1. The number of fused-ring (bicyclic) bond motifs is 3. The van der Waals surface area contributed by atoms with Gasteiger partial charge >= 0.3 is 0 Å². The number of pyridine rings is 1. The second-order valence-electron chi connectivity index (χ2n) is 7.19. The lowest BCUT2D eigenvalue weighted by molar-refractivity contribution is -0.121. The zero-order valence-electron chi connectivity index (χ0n) is 16.5. The Morgan fingerprint density at radius 2 is 2.13 bits per heavy atom. The molecule has 3 aromatic heterocycles. The maximum Gasteiger partial charge on any atom is 0.242 e. The van der Waals surface area contributed by atoms with E-state index in [4.69, 9.17) is 9.72 Å². The first kappa shape index (κ1) is 18.3. The van der Waals surface area contributed by atoms with Crippen molar-refractivity contribution in [3.63, 3.8) is 0 Å². The number of carbonyl (C=O) groups excluding carboxylic acids is 1. The van der Waals surface area contributed by atoms with E-state index in [0.717, 1.165) is 30.6 Å². The van der Waals surface area contributed by atoms with Gasteiger partial charge in [0, 0.05) is 18.3 Å². The number of carbonyl (C=O) groups is 1. The Hall–Kier alpha value is -3.75. The molecule has 0 spiro atoms. The van der Waals surface area contributed by atoms with Crippen LogP contribution in [0.3, 0.4) is 0 Å². The van der Waals surface area contributed by atoms with Crippen LogP contribution in [0.4, 0.5) is 5.95 Å². The van der Waals surface area contributed by atoms with Crippen molar-refractivity contribution in [2.75, 3.05) is 19.0 Å². The Balaban J connectivity index is 1.65. The van der Waals surface area contributed by atoms with Gasteiger partial charge in [-0.2, -0.15) is 4.52 Å². The van der Waals surface area contributed by atoms with Gasteiger partial charge in [0.25, 0.3) is 0 Å². The van der Waals surface area contributed by atoms with Gasteiger partial charge in [0.15, 0.2) is 11.5 Å². The highest BCUT2D eigenvalue weighted by molar-refractivity contribution is 5.90. The van der Waals surface area contributed by atoms with Crippen molar-refractivity contribution in [3.8, 4) is 17.1 Å². The fourth-order valence-electron chi connectivity index (χ4n) is 3.64. The standard InChI is InChI=1S/C21H21N7O2/c1-30-14-7-4-6-13(12-14)18-26-19-17-15(9-5-11-22-17)24-21(28(19)27-18)25-16-8-2-3-10-23-20(16)29/h4-7,9,11-12,16H,2-3,8,10H2,1H3,(H,23,29)(H,24,25)/t16-/m1/s1. The summed E-state index contributed by atoms with van der Waals surface area (Å²) in [5.41, 5.74) is 2.73. The first-order chi connectivity index (χ1) is 14.7. The molecule has 1 aromatic carbocycles. The molecule has 1 fully saturated rings. The number of nitrogens with zero attached hydrogens (tertiary/aromatic N) is 5. The number of nitrogens with one attached hydrogen (secondary N) is 2. The molecule has 1 aliphatic rings. The van der Waals surface area contributed by atoms with Crippen LogP contribution in [0.2, 0.25) is 0 Å². The molecule has 1 aliphatic heterocycles. The highest BCUT2D eigenvalue weighted by Gasteiger charge is 2.23. The Morgan fingerprint density at radius 3 is 3.03 bits per heavy atom. The van der Waals surface area contributed by atoms with Crippen LogP contribution in [0.1, 0.15) is 19.3 Å². The molecule has 30 heavy (non-hydrogen) atoms. The number of methoxy groups -OCH3 is 1. The molecular formula is C21H21N7O2. The number of aromatic nitrogens is 5. The number of hydrogen-bond acceptors (Lipinski definition) is 7. The SMILES string of the molecule is COc1cccc(-c2nc3c4ncccc4nc(N[C@@H]4CCCCNC4=O)n3n2)c1. The smallest absolute Gasteiger partial charge is 0.242 e. The van der Waals surface area contributed by atoms with Gasteiger partial charge in [-0.05, 0) is 43.5 Å². The molecule has 1 amide bonds. The van der Waals surface area contributed by atoms with Crippen molar-refractivity contribution in [2.24, 2.45) is 0 Å². The quantitative estimate of drug-likeness (QED) is 0.539. The van der Waals surface area contributed by atoms with Gasteiger partial charge in [-0.3, -0.25) is 9.78 Å². The number of amides is 1. The highest BCUT2D eigenvalue weighted by Crippen LogP contribution is 2.25. The third kappa shape index (κ3) is 3.28. The number of ether oxygens (including phenoxy) is 1. The lowest BCUT2D eigenvalue weighted by Crippen LogP contribution is -2.38. The summed E-state index contributed by atoms with van der Waals surface area (Å²) in [6.45, 7) is 0.699. The highest BCUT2D eigenvalue weighted by atomic mass is 16.5. The van der Waals surface area contributed by atoms with Crippen molar-refractivity contribution in [1.29, 1.82) is 0 Å². The van der Waals surface area contributed by atoms with Crippen molar-refractivity contribution in [3.05, 3.63) is 42.6 Å². The fourth-order valence-corrected chi connectivity index (χ4v) is 3.64. The topological polar surface area (TPSA) is 106 Å². The first-order valence-corrected chi connectivity index (χ1v) is 9.93. The molecule has 5 rings (SSSR count). The molecule has 2 N–H and O–H groups in total. The predicted molar refractivity (Wildman–Crippen MR) is 112 cm³/mol. The third-order valence-electron chi connectivity index (χ3n) is 5.20. The summed E-state index contributed by atoms with van der Waals surface area (Å²) in [6, 6.07) is 10.9. The van der Waals surface area contributed by atoms with E-state index in [1.165, 1.54) is 0 Å². The molecule has 4 aromatic rings. The van der Waals surface area contributed by atoms with E-state index in [1.54, 1.807) is 17.8 Å². The van der Waals surface area contributed by atoms with Gasteiger partial charge in [0.05, 0.1) is 12.6 Å². The largest absolute Gasteiger partial charge is 0.497 e. The maximum absolute atomic E-state index is 12.4. The summed E-state index contributed by atoms with van der Waals surface area (Å²) in [5.74, 6) is 1.69. The van der Waals surface area contributed by atoms with E-state index in [2.05, 4.69) is 25.7 Å². The Bertz CT molecular complexity index is 1240. The monoisotopic (exact) mass is 403 g/mol. The minimum atomic E-state index is -0.373. The van der Waals surface area contributed by atoms with E-state index < -0.39 is 0 Å². The van der Waals surface area contributed by atoms with Crippen molar-refractivity contribution in [1.82, 2.24) is 29.9 Å². The number of rotatable bonds is 4. The van der Waals surface area contributed by atoms with E-state index >= 15 is 0 Å². The summed E-state index contributed by atoms with van der Waals surface area (Å²) < 4.78 is 6.95. The van der Waals surface area contributed by atoms with Crippen LogP contribution in [0.5, 0.6) is 5.75 Å². The van der Waals surface area contributed by atoms with Gasteiger partial charge in [-0.25, -0.2) is 9.97 Å². The molecule has 9 heteroatoms. The van der Waals surface area contributed by atoms with Crippen molar-refractivity contribution < 1.29 is 9.53 Å². The number of hydrogen-bond donors (Lipinski definition) is 2. The van der Waals surface area contributed by atoms with E-state index in [9.17, 15) is 4.79 Å². The van der Waals surface area contributed by atoms with Gasteiger partial charge in [-0.1, -0.05) is 12.1 Å². The third-order valence-corrected chi connectivity index (χ3v) is 5.20. The normalized spacial score (nSPS) is 17.0. The van der Waals surface area contributed by atoms with E-state index in [-0.39, 0.29) is 11.9 Å². The molecule has 1 saturated heterocycles. The summed E-state index contributed by atoms with van der Waals surface area (Å²) in [7, 11) is 1.62. The van der Waals surface area contributed by atoms with Crippen LogP contribution in [-0.2, 0) is 4.79 Å². The van der Waals surface area contributed by atoms with E-state index in [0.29, 0.717) is 35.0 Å². The summed E-state index contributed by atoms with van der Waals surface area (Å²) in [6.07, 6.45) is 4.37. The number of anilines is 1. The molecule has 0 unspecified atom stereocenters. The Labute approximate surface area is 172 Å². The average Bonchev–Trinajstić information content (AvgIpc) is 3.14. The fraction of sp³-hybridized carbons (Fsp3) is 0.286. The van der Waals surface area contributed by atoms with Crippen LogP contribution >= 0.6 is 0 Å². The zero-order valence-corrected chi connectivity index (χ0v) is 16.5. The molecular weight excluding hydrogens is 382 g/mol. The van der Waals surface area contributed by atoms with E-state index in [1.807, 2.05) is 36.4 Å². The minimum absolute atomic E-state index is 0.0260. The van der Waals surface area contributed by atoms with Crippen LogP contribution in [0, 0.1) is 0 Å². The summed E-state index contributed by atoms with van der Waals surface area (Å²) >= 11 is 0. The van der Waals surface area contributed by atoms with Gasteiger partial charge < -0.3 is 15.4 Å². The van der Waals surface area contributed by atoms with Crippen LogP contribution < -0.4 is 15.4 Å². The minimum Gasteiger partial charge on any atom is -0.497 e. The predicted octanol–water partition coefficient (Wildman–Crippen LogP) is 2.43. The van der Waals surface area contributed by atoms with Crippen molar-refractivity contribution >= 4 is 28.5 Å². The second kappa shape index (κ2) is 7.58. The molecule has 4 heterocycles. The molecule has 152 valence electrons. The molecule has 0 radical (unpaired) electrons. The summed E-state index contributed by atoms with van der Waals surface area (Å²) in [4.78, 5) is 26.3. The first-order valence-electron chi connectivity index (χ1n) is 9.93. The van der Waals surface area contributed by atoms with Gasteiger partial charge in [0.2, 0.25) is 11.9 Å². The molecule has 1 atom stereocenters. The molecule has 0 bridgehead atoms. The van der Waals surface area contributed by atoms with Crippen molar-refractivity contribution in [2.45, 2.75) is 25.3 Å². The van der Waals surface area contributed by atoms with Crippen LogP contribution in [0.25, 0.3) is 28.1 Å². The van der Waals surface area contributed by atoms with Crippen LogP contribution in [-0.4, -0.2) is 50.2 Å². The molecule has 0 saturated carbocycles. The van der Waals surface area contributed by atoms with Gasteiger partial charge in [-0.15, -0.1) is 5.10 Å². The maximum atomic E-state index is 12.4. The Kier molecular flexibility index (Phi) is 4.62. The summed E-state index contributed by atoms with van der Waals surface area (Å²) in [5, 5.41) is 10.9. The van der Waals surface area contributed by atoms with Gasteiger partial charge in [0.1, 0.15) is 17.3 Å². The second-order valence-corrected chi connectivity index (χ2v) is 7.19. The number of benzene rings is 1. The molecule has 9 nitrogen and oxygen atoms in total. The lowest BCUT2D eigenvalue weighted by Gasteiger charge is -2.16. The molecule has 0 aliphatic carbocycles. The Morgan fingerprint density at radius 1 is 1.20 bits per heavy atom.